The topological polar surface area (TPSA) is 246 Å². The van der Waals surface area contributed by atoms with Crippen LogP contribution in [0.25, 0.3) is 55.6 Å². The molecule has 134 heavy (non-hydrogen) atoms. The highest BCUT2D eigenvalue weighted by atomic mass is 16.5. The van der Waals surface area contributed by atoms with Crippen LogP contribution in [0.3, 0.4) is 0 Å². The van der Waals surface area contributed by atoms with Crippen molar-refractivity contribution in [1.29, 1.82) is 0 Å². The van der Waals surface area contributed by atoms with Crippen LogP contribution in [-0.4, -0.2) is 117 Å². The molecule has 0 fully saturated rings. The maximum absolute atomic E-state index is 13.6. The van der Waals surface area contributed by atoms with Crippen LogP contribution >= 0.6 is 0 Å². The largest absolute Gasteiger partial charge is 0.496 e. The van der Waals surface area contributed by atoms with Crippen LogP contribution in [0, 0.1) is 6.57 Å². The lowest BCUT2D eigenvalue weighted by molar-refractivity contribution is -0.132. The Morgan fingerprint density at radius 3 is 1.29 bits per heavy atom. The molecule has 678 valence electrons. The SMILES string of the molecule is C.C.C.C.C.COc1ccccc1-c1cn2c(n1)CN(C(=O)Cc1cccnc1)c1ccccc1C2.COc1ccccc1-c1cn2c(n1)CN(C(=O)Cc1ccncc1)c1ccccc1C2.COc1ccccc1-c1cn2c(n1)CN(C(=O)Cn1ccnc1)c1ccccc1C2.[C-]#[N+]c1ccc(Cn2cncc2CC(=O)N2Cc3ccccc3-n3cc(-c4ccccc4)nc3C2)cc1. The number of rotatable bonds is 17. The van der Waals surface area contributed by atoms with E-state index in [1.54, 1.807) is 81.9 Å². The number of carbonyl (C=O) groups is 4. The van der Waals surface area contributed by atoms with Gasteiger partial charge in [0.2, 0.25) is 23.6 Å². The van der Waals surface area contributed by atoms with E-state index in [0.717, 1.165) is 153 Å². The summed E-state index contributed by atoms with van der Waals surface area (Å²) in [6.07, 6.45) is 24.5. The van der Waals surface area contributed by atoms with Crippen LogP contribution in [0.5, 0.6) is 17.2 Å². The summed E-state index contributed by atoms with van der Waals surface area (Å²) < 4.78 is 28.8. The van der Waals surface area contributed by atoms with Crippen molar-refractivity contribution in [2.24, 2.45) is 0 Å². The van der Waals surface area contributed by atoms with Gasteiger partial charge in [0, 0.05) is 126 Å². The summed E-state index contributed by atoms with van der Waals surface area (Å²) in [6, 6.07) is 81.0. The molecule has 0 spiro atoms. The fourth-order valence-electron chi connectivity index (χ4n) is 16.6. The lowest BCUT2D eigenvalue weighted by Crippen LogP contribution is -2.33. The molecule has 9 aromatic carbocycles. The fourth-order valence-corrected chi connectivity index (χ4v) is 16.6. The number of benzene rings is 9. The van der Waals surface area contributed by atoms with Crippen LogP contribution in [0.4, 0.5) is 22.7 Å². The minimum atomic E-state index is -0.00394. The standard InChI is InChI=1S/C30H24N6O.2C25H22N4O2.C23H21N5O2.5CH4/c1-31-25-13-11-22(12-14-25)17-35-21-32-16-26(35)15-30(37)34-18-24-9-5-6-10-28(24)36-19-27(33-29(36)20-34)23-7-3-2-4-8-23;1-31-23-11-5-3-9-20(23)21-16-28-15-19-8-2-4-10-22(19)29(17-24(28)27-21)25(30)13-18-7-6-12-26-14-18;1-31-23-9-5-3-7-20(23)21-16-28-15-19-6-2-4-8-22(19)29(17-24(28)27-21)25(30)14-18-10-12-26-13-11-18;1-30-21-9-5-3-7-18(21)19-13-27-12-17-6-2-4-8-20(17)28(14-22(27)25-19)23(29)15-26-11-10-24-16-26;;;;;/h2-14,16,19,21H,15,17-18,20H2;2-12,14,16H,13,15,17H2,1H3;2-13,16H,14-15,17H2,1H3;2-11,13,16H,12,14-15H2,1H3;5*1H4. The number of hydrogen-bond acceptors (Lipinski definition) is 15. The molecule has 0 atom stereocenters. The molecule has 8 aromatic heterocycles. The molecule has 0 radical (unpaired) electrons. The second kappa shape index (κ2) is 43.6. The molecule has 26 nitrogen and oxygen atoms in total. The maximum Gasteiger partial charge on any atom is 0.247 e. The number of fused-ring (bicyclic) bond motifs is 9. The Morgan fingerprint density at radius 1 is 0.358 bits per heavy atom. The van der Waals surface area contributed by atoms with Gasteiger partial charge in [-0.2, -0.15) is 0 Å². The van der Waals surface area contributed by atoms with Gasteiger partial charge in [-0.3, -0.25) is 29.1 Å². The van der Waals surface area contributed by atoms with Gasteiger partial charge in [-0.25, -0.2) is 34.7 Å². The van der Waals surface area contributed by atoms with E-state index in [2.05, 4.69) is 79.6 Å². The van der Waals surface area contributed by atoms with Gasteiger partial charge in [-0.15, -0.1) is 0 Å². The Morgan fingerprint density at radius 2 is 0.813 bits per heavy atom. The van der Waals surface area contributed by atoms with Crippen LogP contribution in [0.15, 0.2) is 330 Å². The molecule has 0 saturated heterocycles. The summed E-state index contributed by atoms with van der Waals surface area (Å²) >= 11 is 0. The molecular formula is C108H109N19O7. The number of nitrogens with zero attached hydrogens (tertiary/aromatic N) is 19. The third kappa shape index (κ3) is 21.1. The highest BCUT2D eigenvalue weighted by molar-refractivity contribution is 5.97. The summed E-state index contributed by atoms with van der Waals surface area (Å²) in [7, 11) is 4.98. The second-order valence-corrected chi connectivity index (χ2v) is 31.4. The zero-order chi connectivity index (χ0) is 88.1. The average Bonchev–Trinajstić information content (AvgIpc) is 1.65. The van der Waals surface area contributed by atoms with Gasteiger partial charge in [0.25, 0.3) is 0 Å². The number of hydrogen-bond donors (Lipinski definition) is 0. The molecule has 17 aromatic rings. The number of ether oxygens (including phenoxy) is 3. The summed E-state index contributed by atoms with van der Waals surface area (Å²) in [5.41, 5.74) is 19.8. The molecule has 26 heteroatoms. The van der Waals surface area contributed by atoms with E-state index in [9.17, 15) is 19.2 Å². The number of aromatic nitrogens is 14. The van der Waals surface area contributed by atoms with Crippen molar-refractivity contribution in [3.05, 3.63) is 409 Å². The van der Waals surface area contributed by atoms with Gasteiger partial charge in [0.05, 0.1) is 134 Å². The molecule has 12 heterocycles. The van der Waals surface area contributed by atoms with Crippen molar-refractivity contribution in [2.75, 3.05) is 36.0 Å². The monoisotopic (exact) mass is 1780 g/mol. The van der Waals surface area contributed by atoms with Crippen molar-refractivity contribution in [1.82, 2.24) is 72.2 Å². The predicted molar refractivity (Wildman–Crippen MR) is 526 cm³/mol. The van der Waals surface area contributed by atoms with Crippen molar-refractivity contribution in [2.45, 2.75) is 122 Å². The zero-order valence-corrected chi connectivity index (χ0v) is 71.2. The normalized spacial score (nSPS) is 12.1. The molecule has 0 N–H and O–H groups in total. The predicted octanol–water partition coefficient (Wildman–Crippen LogP) is 20.1. The number of anilines is 3. The summed E-state index contributed by atoms with van der Waals surface area (Å²) in [4.78, 5) is 100. The smallest absolute Gasteiger partial charge is 0.247 e. The van der Waals surface area contributed by atoms with Gasteiger partial charge in [-0.1, -0.05) is 207 Å². The number of amides is 4. The van der Waals surface area contributed by atoms with Gasteiger partial charge in [-0.05, 0) is 118 Å². The maximum atomic E-state index is 13.6. The minimum Gasteiger partial charge on any atom is -0.496 e. The highest BCUT2D eigenvalue weighted by Crippen LogP contribution is 2.39. The van der Waals surface area contributed by atoms with Gasteiger partial charge in [0.1, 0.15) is 47.1 Å². The van der Waals surface area contributed by atoms with Crippen molar-refractivity contribution in [3.63, 3.8) is 0 Å². The summed E-state index contributed by atoms with van der Waals surface area (Å²) in [5, 5.41) is 0. The number of imidazole rings is 6. The van der Waals surface area contributed by atoms with E-state index in [1.807, 2.05) is 261 Å². The summed E-state index contributed by atoms with van der Waals surface area (Å²) in [5.74, 6) is 5.79. The van der Waals surface area contributed by atoms with Gasteiger partial charge in [0.15, 0.2) is 5.69 Å². The van der Waals surface area contributed by atoms with E-state index in [4.69, 9.17) is 40.7 Å². The first-order chi connectivity index (χ1) is 63.3. The Kier molecular flexibility index (Phi) is 30.9. The van der Waals surface area contributed by atoms with Gasteiger partial charge < -0.3 is 61.2 Å². The van der Waals surface area contributed by atoms with Crippen molar-refractivity contribution >= 4 is 46.4 Å². The first-order valence-electron chi connectivity index (χ1n) is 42.3. The van der Waals surface area contributed by atoms with Crippen LogP contribution < -0.4 is 28.9 Å². The molecular weight excluding hydrogens is 1680 g/mol. The Balaban J connectivity index is 0.000000150. The van der Waals surface area contributed by atoms with Crippen molar-refractivity contribution < 1.29 is 33.4 Å². The number of pyridine rings is 2. The molecule has 21 rings (SSSR count). The Bertz CT molecular complexity index is 6720. The zero-order valence-electron chi connectivity index (χ0n) is 71.2. The Labute approximate surface area is 782 Å². The Hall–Kier alpha value is -16.7. The lowest BCUT2D eigenvalue weighted by atomic mass is 10.1. The quantitative estimate of drug-likeness (QED) is 0.0769. The molecule has 0 aliphatic carbocycles. The average molecular weight is 1790 g/mol. The number of carbonyl (C=O) groups excluding carboxylic acids is 4. The molecule has 0 unspecified atom stereocenters. The van der Waals surface area contributed by atoms with Crippen LogP contribution in [0.1, 0.15) is 105 Å². The van der Waals surface area contributed by atoms with E-state index in [-0.39, 0.29) is 73.7 Å². The van der Waals surface area contributed by atoms with E-state index < -0.39 is 0 Å². The third-order valence-corrected chi connectivity index (χ3v) is 23.2. The lowest BCUT2D eigenvalue weighted by Gasteiger charge is -2.22. The molecule has 4 aliphatic heterocycles. The van der Waals surface area contributed by atoms with Crippen molar-refractivity contribution in [3.8, 4) is 68.0 Å². The first kappa shape index (κ1) is 94.9. The highest BCUT2D eigenvalue weighted by Gasteiger charge is 2.32. The third-order valence-electron chi connectivity index (χ3n) is 23.2. The van der Waals surface area contributed by atoms with Gasteiger partial charge >= 0.3 is 0 Å². The van der Waals surface area contributed by atoms with Crippen LogP contribution in [-0.2, 0) is 104 Å². The summed E-state index contributed by atoms with van der Waals surface area (Å²) in [6.45, 7) is 12.1. The van der Waals surface area contributed by atoms with E-state index in [1.165, 1.54) is 0 Å². The second-order valence-electron chi connectivity index (χ2n) is 31.4. The minimum absolute atomic E-state index is 0. The number of para-hydroxylation sites is 7. The fraction of sp³-hybridized carbons (Fsp3) is 0.194. The number of methoxy groups -OCH3 is 3. The molecule has 4 aliphatic rings. The molecule has 4 amide bonds. The van der Waals surface area contributed by atoms with E-state index >= 15 is 0 Å². The van der Waals surface area contributed by atoms with Crippen LogP contribution in [0.2, 0.25) is 0 Å². The van der Waals surface area contributed by atoms with E-state index in [0.29, 0.717) is 77.4 Å². The molecule has 0 saturated carbocycles. The first-order valence-corrected chi connectivity index (χ1v) is 42.3. The molecule has 0 bridgehead atoms.